The minimum atomic E-state index is -2.11. The molecule has 12 heteroatoms. The van der Waals surface area contributed by atoms with Crippen LogP contribution in [0.5, 0.6) is 0 Å². The summed E-state index contributed by atoms with van der Waals surface area (Å²) in [4.78, 5) is 41.4. The number of ether oxygens (including phenoxy) is 5. The zero-order valence-corrected chi connectivity index (χ0v) is 31.9. The molecule has 49 heavy (non-hydrogen) atoms. The highest BCUT2D eigenvalue weighted by Gasteiger charge is 2.83. The molecule has 5 rings (SSSR count). The van der Waals surface area contributed by atoms with Crippen molar-refractivity contribution in [1.82, 2.24) is 0 Å². The van der Waals surface area contributed by atoms with E-state index in [0.717, 1.165) is 31.3 Å². The van der Waals surface area contributed by atoms with E-state index >= 15 is 0 Å². The van der Waals surface area contributed by atoms with E-state index in [2.05, 4.69) is 22.9 Å². The number of aliphatic hydroxyl groups is 3. The van der Waals surface area contributed by atoms with Crippen molar-refractivity contribution < 1.29 is 53.4 Å². The number of hydrogen-bond donors (Lipinski definition) is 3. The molecule has 2 bridgehead atoms. The van der Waals surface area contributed by atoms with Gasteiger partial charge in [-0.3, -0.25) is 9.59 Å². The quantitative estimate of drug-likeness (QED) is 0.0995. The average molecular weight is 758 g/mol. The van der Waals surface area contributed by atoms with Crippen LogP contribution < -0.4 is 0 Å². The fourth-order valence-corrected chi connectivity index (χ4v) is 10.8. The number of hydrogen-bond acceptors (Lipinski definition) is 11. The van der Waals surface area contributed by atoms with Gasteiger partial charge in [0, 0.05) is 29.3 Å². The van der Waals surface area contributed by atoms with Crippen LogP contribution in [0.1, 0.15) is 93.9 Å². The third kappa shape index (κ3) is 6.06. The van der Waals surface area contributed by atoms with E-state index in [4.69, 9.17) is 23.7 Å². The van der Waals surface area contributed by atoms with Gasteiger partial charge >= 0.3 is 11.9 Å². The molecule has 12 atom stereocenters. The number of ketones is 1. The van der Waals surface area contributed by atoms with Crippen LogP contribution in [-0.2, 0) is 38.1 Å². The van der Waals surface area contributed by atoms with Crippen LogP contribution in [-0.4, -0.2) is 93.7 Å². The molecular weight excluding hydrogens is 700 g/mol. The molecule has 2 saturated carbocycles. The molecule has 3 N–H and O–H groups in total. The Bertz CT molecular complexity index is 1290. The molecule has 0 radical (unpaired) electrons. The summed E-state index contributed by atoms with van der Waals surface area (Å²) in [5.74, 6) is -7.34. The number of alkyl halides is 1. The number of halogens is 1. The van der Waals surface area contributed by atoms with Gasteiger partial charge in [0.2, 0.25) is 6.10 Å². The highest BCUT2D eigenvalue weighted by molar-refractivity contribution is 9.09. The van der Waals surface area contributed by atoms with Crippen LogP contribution in [0.4, 0.5) is 0 Å². The fraction of sp³-hybridized carbons (Fsp3) is 0.865. The second-order valence-electron chi connectivity index (χ2n) is 16.2. The van der Waals surface area contributed by atoms with Gasteiger partial charge in [0.1, 0.15) is 18.3 Å². The number of fused-ring (bicyclic) bond motifs is 1. The van der Waals surface area contributed by atoms with Crippen molar-refractivity contribution in [2.75, 3.05) is 18.5 Å². The molecule has 278 valence electrons. The topological polar surface area (TPSA) is 158 Å². The maximum Gasteiger partial charge on any atom is 0.348 e. The smallest absolute Gasteiger partial charge is 0.348 e. The van der Waals surface area contributed by atoms with Crippen LogP contribution in [0, 0.1) is 46.3 Å². The molecule has 0 aromatic heterocycles. The van der Waals surface area contributed by atoms with Crippen molar-refractivity contribution in [3.8, 4) is 0 Å². The molecule has 2 saturated heterocycles. The molecule has 2 heterocycles. The number of unbranched alkanes of at least 4 members (excludes halogenated alkanes) is 3. The minimum absolute atomic E-state index is 0.0874. The Morgan fingerprint density at radius 2 is 1.84 bits per heavy atom. The Kier molecular flexibility index (Phi) is 11.2. The van der Waals surface area contributed by atoms with Crippen molar-refractivity contribution in [1.29, 1.82) is 0 Å². The summed E-state index contributed by atoms with van der Waals surface area (Å²) in [6.07, 6.45) is 0.0862. The summed E-state index contributed by atoms with van der Waals surface area (Å²) in [7, 11) is 0. The number of allylic oxidation sites excluding steroid dienone is 1. The van der Waals surface area contributed by atoms with Gasteiger partial charge in [-0.05, 0) is 49.5 Å². The second-order valence-corrected chi connectivity index (χ2v) is 16.9. The van der Waals surface area contributed by atoms with Crippen LogP contribution in [0.25, 0.3) is 0 Å². The molecule has 6 unspecified atom stereocenters. The van der Waals surface area contributed by atoms with Crippen molar-refractivity contribution in [3.63, 3.8) is 0 Å². The maximum absolute atomic E-state index is 14.0. The zero-order valence-electron chi connectivity index (χ0n) is 30.3. The van der Waals surface area contributed by atoms with E-state index in [0.29, 0.717) is 18.4 Å². The first kappa shape index (κ1) is 38.8. The van der Waals surface area contributed by atoms with Crippen molar-refractivity contribution in [3.05, 3.63) is 11.6 Å². The molecule has 2 aliphatic heterocycles. The lowest BCUT2D eigenvalue weighted by Gasteiger charge is -2.68. The van der Waals surface area contributed by atoms with E-state index < -0.39 is 82.6 Å². The first-order chi connectivity index (χ1) is 22.9. The van der Waals surface area contributed by atoms with E-state index in [1.807, 2.05) is 41.5 Å². The van der Waals surface area contributed by atoms with Gasteiger partial charge in [-0.2, -0.15) is 0 Å². The number of rotatable bonds is 14. The lowest BCUT2D eigenvalue weighted by atomic mass is 9.38. The molecule has 4 fully saturated rings. The second kappa shape index (κ2) is 14.2. The number of carbonyl (C=O) groups is 3. The summed E-state index contributed by atoms with van der Waals surface area (Å²) >= 11 is 3.50. The van der Waals surface area contributed by atoms with Gasteiger partial charge in [-0.15, -0.1) is 0 Å². The third-order valence-corrected chi connectivity index (χ3v) is 13.5. The van der Waals surface area contributed by atoms with Gasteiger partial charge in [0.15, 0.2) is 17.9 Å². The van der Waals surface area contributed by atoms with Crippen molar-refractivity contribution >= 4 is 33.7 Å². The molecule has 5 aliphatic rings. The summed E-state index contributed by atoms with van der Waals surface area (Å²) in [6, 6.07) is 0. The highest BCUT2D eigenvalue weighted by Crippen LogP contribution is 2.74. The fourth-order valence-electron chi connectivity index (χ4n) is 10.4. The highest BCUT2D eigenvalue weighted by atomic mass is 79.9. The lowest BCUT2D eigenvalue weighted by molar-refractivity contribution is -0.345. The van der Waals surface area contributed by atoms with Crippen LogP contribution in [0.2, 0.25) is 0 Å². The van der Waals surface area contributed by atoms with Crippen molar-refractivity contribution in [2.24, 2.45) is 46.3 Å². The minimum Gasteiger partial charge on any atom is -0.459 e. The third-order valence-electron chi connectivity index (χ3n) is 13.0. The SMILES string of the molecule is CCCCCCOC(CBr)O[C@@H]1C(=O)C=C(C)[C@@H]2C[C@H]3OC(=O)C(OC(=O)CC(O)(C(C)C)C(C)C)C4C(C)[C@@H](O)[C@]5(O)OC[C@@]43C5C12C. The predicted molar refractivity (Wildman–Crippen MR) is 182 cm³/mol. The number of carbonyl (C=O) groups excluding carboxylic acids is 3. The molecule has 0 amide bonds. The van der Waals surface area contributed by atoms with Gasteiger partial charge in [0.25, 0.3) is 0 Å². The van der Waals surface area contributed by atoms with Crippen LogP contribution >= 0.6 is 15.9 Å². The monoisotopic (exact) mass is 756 g/mol. The molecule has 1 spiro atoms. The largest absolute Gasteiger partial charge is 0.459 e. The van der Waals surface area contributed by atoms with E-state index in [-0.39, 0.29) is 36.6 Å². The summed E-state index contributed by atoms with van der Waals surface area (Å²) in [5.41, 5.74) is -2.89. The molecule has 11 nitrogen and oxygen atoms in total. The Labute approximate surface area is 298 Å². The van der Waals surface area contributed by atoms with E-state index in [1.54, 1.807) is 13.0 Å². The van der Waals surface area contributed by atoms with Crippen LogP contribution in [0.15, 0.2) is 11.6 Å². The first-order valence-corrected chi connectivity index (χ1v) is 19.3. The Morgan fingerprint density at radius 1 is 1.16 bits per heavy atom. The molecule has 3 aliphatic carbocycles. The average Bonchev–Trinajstić information content (AvgIpc) is 3.32. The van der Waals surface area contributed by atoms with Gasteiger partial charge in [-0.1, -0.05) is 89.2 Å². The molecule has 0 aromatic carbocycles. The van der Waals surface area contributed by atoms with Crippen LogP contribution in [0.3, 0.4) is 0 Å². The zero-order chi connectivity index (χ0) is 36.3. The van der Waals surface area contributed by atoms with Crippen molar-refractivity contribution in [2.45, 2.75) is 136 Å². The first-order valence-electron chi connectivity index (χ1n) is 18.2. The summed E-state index contributed by atoms with van der Waals surface area (Å²) in [6.45, 7) is 15.3. The predicted octanol–water partition coefficient (Wildman–Crippen LogP) is 4.46. The number of aliphatic hydroxyl groups excluding tert-OH is 1. The van der Waals surface area contributed by atoms with Gasteiger partial charge in [-0.25, -0.2) is 4.79 Å². The Morgan fingerprint density at radius 3 is 2.45 bits per heavy atom. The molecule has 0 aromatic rings. The number of esters is 2. The van der Waals surface area contributed by atoms with E-state index in [1.165, 1.54) is 0 Å². The Balaban J connectivity index is 1.54. The van der Waals surface area contributed by atoms with Gasteiger partial charge < -0.3 is 39.0 Å². The van der Waals surface area contributed by atoms with Gasteiger partial charge in [0.05, 0.1) is 24.0 Å². The summed E-state index contributed by atoms with van der Waals surface area (Å²) < 4.78 is 31.0. The summed E-state index contributed by atoms with van der Waals surface area (Å²) in [5, 5.41) is 36.0. The Hall–Kier alpha value is -1.41. The molecular formula is C37H57BrO11. The standard InChI is InChI=1S/C37H57BrO11/c1-9-10-11-12-13-45-27(17-38)49-31-24(39)14-21(6)23-15-25-35-18-46-37(44,33(35)34(23,31)8)30(41)22(7)28(35)29(32(42)47-25)48-26(40)16-36(43,19(2)3)20(4)5/h14,19-20,22-23,25,27-31,33,41,43-44H,9-13,15-18H2,1-8H3/t22?,23-,25+,27?,28?,29?,30+,31+,33?,34?,35-,37-/m0/s1. The lowest BCUT2D eigenvalue weighted by Crippen LogP contribution is -2.78. The normalized spacial score (nSPS) is 40.5. The maximum atomic E-state index is 14.0. The van der Waals surface area contributed by atoms with E-state index in [9.17, 15) is 29.7 Å².